The van der Waals surface area contributed by atoms with Crippen LogP contribution in [0.25, 0.3) is 0 Å². The minimum absolute atomic E-state index is 0.0693. The number of hydrogen-bond donors (Lipinski definition) is 1. The Hall–Kier alpha value is -2.05. The molecule has 0 heterocycles. The van der Waals surface area contributed by atoms with Gasteiger partial charge in [0.05, 0.1) is 0 Å². The average Bonchev–Trinajstić information content (AvgIpc) is 3.30. The van der Waals surface area contributed by atoms with Gasteiger partial charge in [-0.05, 0) is 73.9 Å². The number of amides is 2. The summed E-state index contributed by atoms with van der Waals surface area (Å²) in [6.07, 6.45) is 5.29. The monoisotopic (exact) mass is 476 g/mol. The third-order valence-electron chi connectivity index (χ3n) is 5.75. The molecule has 0 aliphatic heterocycles. The van der Waals surface area contributed by atoms with E-state index in [-0.39, 0.29) is 30.2 Å². The quantitative estimate of drug-likeness (QED) is 0.347. The summed E-state index contributed by atoms with van der Waals surface area (Å²) < 4.78 is 13.3. The smallest absolute Gasteiger partial charge is 0.242 e. The molecule has 2 aromatic rings. The van der Waals surface area contributed by atoms with Crippen molar-refractivity contribution < 1.29 is 14.0 Å². The first-order valence-corrected chi connectivity index (χ1v) is 12.5. The predicted octanol–water partition coefficient (Wildman–Crippen LogP) is 5.83. The summed E-state index contributed by atoms with van der Waals surface area (Å²) in [6, 6.07) is 13.3. The summed E-state index contributed by atoms with van der Waals surface area (Å²) >= 11 is 7.59. The number of nitrogens with zero attached hydrogens (tertiary/aromatic N) is 1. The zero-order valence-corrected chi connectivity index (χ0v) is 19.9. The van der Waals surface area contributed by atoms with Gasteiger partial charge in [0.2, 0.25) is 11.8 Å². The molecule has 3 rings (SSSR count). The number of nitrogens with one attached hydrogen (secondary N) is 1. The van der Waals surface area contributed by atoms with E-state index in [2.05, 4.69) is 5.32 Å². The topological polar surface area (TPSA) is 49.4 Å². The summed E-state index contributed by atoms with van der Waals surface area (Å²) in [6.45, 7) is 2.05. The molecule has 172 valence electrons. The zero-order chi connectivity index (χ0) is 22.9. The third kappa shape index (κ3) is 7.52. The van der Waals surface area contributed by atoms with Crippen molar-refractivity contribution in [2.75, 3.05) is 5.75 Å². The summed E-state index contributed by atoms with van der Waals surface area (Å²) in [7, 11) is 0. The lowest BCUT2D eigenvalue weighted by Gasteiger charge is -2.30. The number of benzene rings is 2. The highest BCUT2D eigenvalue weighted by Crippen LogP contribution is 2.22. The lowest BCUT2D eigenvalue weighted by Crippen LogP contribution is -2.49. The molecule has 0 aromatic heterocycles. The second-order valence-corrected chi connectivity index (χ2v) is 9.82. The van der Waals surface area contributed by atoms with E-state index in [9.17, 15) is 14.0 Å². The van der Waals surface area contributed by atoms with E-state index in [4.69, 9.17) is 11.6 Å². The summed E-state index contributed by atoms with van der Waals surface area (Å²) in [4.78, 5) is 28.7. The van der Waals surface area contributed by atoms with E-state index >= 15 is 0 Å². The Labute approximate surface area is 198 Å². The maximum atomic E-state index is 13.3. The van der Waals surface area contributed by atoms with Gasteiger partial charge in [-0.15, -0.1) is 11.8 Å². The first-order valence-electron chi connectivity index (χ1n) is 11.1. The van der Waals surface area contributed by atoms with Gasteiger partial charge in [0.25, 0.3) is 0 Å². The highest BCUT2D eigenvalue weighted by molar-refractivity contribution is 7.99. The highest BCUT2D eigenvalue weighted by Gasteiger charge is 2.28. The highest BCUT2D eigenvalue weighted by atomic mass is 35.5. The van der Waals surface area contributed by atoms with Crippen molar-refractivity contribution in [1.29, 1.82) is 0 Å². The van der Waals surface area contributed by atoms with Crippen molar-refractivity contribution in [3.63, 3.8) is 0 Å². The van der Waals surface area contributed by atoms with Crippen molar-refractivity contribution in [2.45, 2.75) is 69.0 Å². The van der Waals surface area contributed by atoms with Crippen LogP contribution in [-0.2, 0) is 16.1 Å². The Morgan fingerprint density at radius 3 is 2.44 bits per heavy atom. The van der Waals surface area contributed by atoms with Crippen molar-refractivity contribution >= 4 is 35.2 Å². The van der Waals surface area contributed by atoms with Gasteiger partial charge in [-0.1, -0.05) is 36.6 Å². The SMILES string of the molecule is C[C@H](C(=O)NC1CCCC1)N(Cc1ccc(F)cc1)C(=O)CCCSc1ccc(Cl)cc1. The van der Waals surface area contributed by atoms with Gasteiger partial charge in [-0.2, -0.15) is 0 Å². The molecule has 1 fully saturated rings. The maximum Gasteiger partial charge on any atom is 0.242 e. The molecule has 0 radical (unpaired) electrons. The number of carbonyl (C=O) groups is 2. The van der Waals surface area contributed by atoms with Crippen molar-refractivity contribution in [1.82, 2.24) is 10.2 Å². The Morgan fingerprint density at radius 2 is 1.78 bits per heavy atom. The van der Waals surface area contributed by atoms with Crippen molar-refractivity contribution in [2.24, 2.45) is 0 Å². The Balaban J connectivity index is 1.59. The molecular weight excluding hydrogens is 447 g/mol. The Bertz CT molecular complexity index is 886. The van der Waals surface area contributed by atoms with Crippen LogP contribution in [0.3, 0.4) is 0 Å². The molecule has 7 heteroatoms. The molecule has 1 aliphatic carbocycles. The largest absolute Gasteiger partial charge is 0.352 e. The Kier molecular flexibility index (Phi) is 9.42. The standard InChI is InChI=1S/C25H30ClFN2O2S/c1-18(25(31)28-22-5-2-3-6-22)29(17-19-8-12-21(27)13-9-19)24(30)7-4-16-32-23-14-10-20(26)11-15-23/h8-15,18,22H,2-7,16-17H2,1H3,(H,28,31)/t18-/m1/s1. The van der Waals surface area contributed by atoms with E-state index in [0.29, 0.717) is 17.9 Å². The molecule has 0 unspecified atom stereocenters. The molecule has 1 saturated carbocycles. The molecule has 0 bridgehead atoms. The van der Waals surface area contributed by atoms with Crippen LogP contribution in [0.4, 0.5) is 4.39 Å². The van der Waals surface area contributed by atoms with E-state index < -0.39 is 6.04 Å². The lowest BCUT2D eigenvalue weighted by molar-refractivity contribution is -0.140. The Morgan fingerprint density at radius 1 is 1.12 bits per heavy atom. The van der Waals surface area contributed by atoms with Gasteiger partial charge >= 0.3 is 0 Å². The number of rotatable bonds is 10. The molecule has 0 spiro atoms. The van der Waals surface area contributed by atoms with E-state index in [1.807, 2.05) is 24.3 Å². The molecule has 2 amide bonds. The van der Waals surface area contributed by atoms with Crippen LogP contribution in [0.1, 0.15) is 51.0 Å². The number of halogens is 2. The van der Waals surface area contributed by atoms with Crippen LogP contribution in [0.5, 0.6) is 0 Å². The van der Waals surface area contributed by atoms with E-state index in [1.165, 1.54) is 12.1 Å². The number of hydrogen-bond acceptors (Lipinski definition) is 3. The van der Waals surface area contributed by atoms with Crippen LogP contribution in [-0.4, -0.2) is 34.6 Å². The van der Waals surface area contributed by atoms with E-state index in [0.717, 1.165) is 41.9 Å². The molecular formula is C25H30ClFN2O2S. The predicted molar refractivity (Wildman–Crippen MR) is 128 cm³/mol. The molecule has 2 aromatic carbocycles. The van der Waals surface area contributed by atoms with Gasteiger partial charge in [0.15, 0.2) is 0 Å². The maximum absolute atomic E-state index is 13.3. The molecule has 1 atom stereocenters. The van der Waals surface area contributed by atoms with Gasteiger partial charge in [0, 0.05) is 28.9 Å². The van der Waals surface area contributed by atoms with Gasteiger partial charge in [0.1, 0.15) is 11.9 Å². The molecule has 1 N–H and O–H groups in total. The molecule has 0 saturated heterocycles. The first kappa shape index (κ1) is 24.6. The molecule has 32 heavy (non-hydrogen) atoms. The normalized spacial score (nSPS) is 14.8. The minimum atomic E-state index is -0.586. The number of thioether (sulfide) groups is 1. The molecule has 1 aliphatic rings. The first-order chi connectivity index (χ1) is 15.4. The van der Waals surface area contributed by atoms with Crippen LogP contribution in [0, 0.1) is 5.82 Å². The zero-order valence-electron chi connectivity index (χ0n) is 18.4. The minimum Gasteiger partial charge on any atom is -0.352 e. The lowest BCUT2D eigenvalue weighted by atomic mass is 10.1. The number of carbonyl (C=O) groups excluding carboxylic acids is 2. The van der Waals surface area contributed by atoms with Gasteiger partial charge in [-0.25, -0.2) is 4.39 Å². The molecule has 4 nitrogen and oxygen atoms in total. The van der Waals surface area contributed by atoms with Gasteiger partial charge in [-0.3, -0.25) is 9.59 Å². The fourth-order valence-electron chi connectivity index (χ4n) is 3.85. The van der Waals surface area contributed by atoms with Crippen LogP contribution in [0.2, 0.25) is 5.02 Å². The fraction of sp³-hybridized carbons (Fsp3) is 0.440. The second kappa shape index (κ2) is 12.3. The summed E-state index contributed by atoms with van der Waals surface area (Å²) in [5, 5.41) is 3.79. The van der Waals surface area contributed by atoms with Crippen molar-refractivity contribution in [3.8, 4) is 0 Å². The van der Waals surface area contributed by atoms with Crippen LogP contribution >= 0.6 is 23.4 Å². The fourth-order valence-corrected chi connectivity index (χ4v) is 4.83. The van der Waals surface area contributed by atoms with Crippen LogP contribution in [0.15, 0.2) is 53.4 Å². The second-order valence-electron chi connectivity index (χ2n) is 8.22. The summed E-state index contributed by atoms with van der Waals surface area (Å²) in [5.41, 5.74) is 0.802. The van der Waals surface area contributed by atoms with E-state index in [1.54, 1.807) is 35.7 Å². The van der Waals surface area contributed by atoms with Crippen LogP contribution < -0.4 is 5.32 Å². The third-order valence-corrected chi connectivity index (χ3v) is 7.10. The van der Waals surface area contributed by atoms with Gasteiger partial charge < -0.3 is 10.2 Å². The average molecular weight is 477 g/mol. The summed E-state index contributed by atoms with van der Waals surface area (Å²) in [5.74, 6) is 0.279. The van der Waals surface area contributed by atoms with Crippen molar-refractivity contribution in [3.05, 3.63) is 64.9 Å².